The highest BCUT2D eigenvalue weighted by atomic mass is 16.6. The Morgan fingerprint density at radius 3 is 2.53 bits per heavy atom. The van der Waals surface area contributed by atoms with Gasteiger partial charge in [-0.3, -0.25) is 14.9 Å². The molecule has 6 nitrogen and oxygen atoms in total. The van der Waals surface area contributed by atoms with Gasteiger partial charge in [0.05, 0.1) is 16.7 Å². The van der Waals surface area contributed by atoms with Gasteiger partial charge < -0.3 is 4.98 Å². The predicted molar refractivity (Wildman–Crippen MR) is 61.8 cm³/mol. The molecular weight excluding hydrogens is 222 g/mol. The van der Waals surface area contributed by atoms with E-state index in [4.69, 9.17) is 5.26 Å². The molecule has 6 heteroatoms. The lowest BCUT2D eigenvalue weighted by Crippen LogP contribution is -2.17. The molecule has 0 fully saturated rings. The van der Waals surface area contributed by atoms with Crippen LogP contribution in [-0.2, 0) is 0 Å². The number of aromatic nitrogens is 1. The first-order chi connectivity index (χ1) is 8.06. The molecule has 1 rings (SSSR count). The maximum absolute atomic E-state index is 11.5. The van der Waals surface area contributed by atoms with Crippen LogP contribution in [0.1, 0.15) is 43.7 Å². The van der Waals surface area contributed by atoms with Crippen LogP contribution in [-0.4, -0.2) is 9.91 Å². The number of hydrogen-bond donors (Lipinski definition) is 1. The molecule has 90 valence electrons. The SMILES string of the molecule is CCC(CC)c1c([N+](=O)[O-])c[nH]c(=O)c1C#N. The third-order valence-electron chi connectivity index (χ3n) is 2.81. The van der Waals surface area contributed by atoms with Gasteiger partial charge in [-0.05, 0) is 18.8 Å². The van der Waals surface area contributed by atoms with Gasteiger partial charge in [-0.15, -0.1) is 0 Å². The monoisotopic (exact) mass is 235 g/mol. The number of rotatable bonds is 4. The normalized spacial score (nSPS) is 10.2. The summed E-state index contributed by atoms with van der Waals surface area (Å²) in [5.41, 5.74) is -0.644. The maximum atomic E-state index is 11.5. The van der Waals surface area contributed by atoms with Gasteiger partial charge in [0.15, 0.2) is 0 Å². The topological polar surface area (TPSA) is 99.8 Å². The highest BCUT2D eigenvalue weighted by molar-refractivity contribution is 5.50. The van der Waals surface area contributed by atoms with Gasteiger partial charge in [0, 0.05) is 0 Å². The summed E-state index contributed by atoms with van der Waals surface area (Å²) in [7, 11) is 0. The zero-order valence-electron chi connectivity index (χ0n) is 9.69. The Morgan fingerprint density at radius 2 is 2.12 bits per heavy atom. The molecule has 0 radical (unpaired) electrons. The van der Waals surface area contributed by atoms with E-state index >= 15 is 0 Å². The second-order valence-corrected chi connectivity index (χ2v) is 3.67. The Bertz CT molecular complexity index is 524. The molecule has 17 heavy (non-hydrogen) atoms. The average molecular weight is 235 g/mol. The summed E-state index contributed by atoms with van der Waals surface area (Å²) in [4.78, 5) is 24.1. The van der Waals surface area contributed by atoms with E-state index in [0.29, 0.717) is 12.8 Å². The van der Waals surface area contributed by atoms with E-state index < -0.39 is 10.5 Å². The van der Waals surface area contributed by atoms with Crippen molar-refractivity contribution in [1.29, 1.82) is 5.26 Å². The summed E-state index contributed by atoms with van der Waals surface area (Å²) in [6.45, 7) is 3.75. The predicted octanol–water partition coefficient (Wildman–Crippen LogP) is 2.06. The number of hydrogen-bond acceptors (Lipinski definition) is 4. The number of nitrogens with zero attached hydrogens (tertiary/aromatic N) is 2. The molecule has 1 heterocycles. The molecule has 0 aliphatic carbocycles. The van der Waals surface area contributed by atoms with E-state index in [1.807, 2.05) is 13.8 Å². The fraction of sp³-hybridized carbons (Fsp3) is 0.455. The van der Waals surface area contributed by atoms with E-state index in [1.54, 1.807) is 6.07 Å². The van der Waals surface area contributed by atoms with Crippen LogP contribution in [0.2, 0.25) is 0 Å². The average Bonchev–Trinajstić information content (AvgIpc) is 2.30. The van der Waals surface area contributed by atoms with Gasteiger partial charge in [0.25, 0.3) is 11.2 Å². The lowest BCUT2D eigenvalue weighted by atomic mass is 9.90. The van der Waals surface area contributed by atoms with Gasteiger partial charge in [0.2, 0.25) is 0 Å². The first-order valence-corrected chi connectivity index (χ1v) is 5.36. The molecule has 0 amide bonds. The van der Waals surface area contributed by atoms with Gasteiger partial charge in [-0.25, -0.2) is 0 Å². The van der Waals surface area contributed by atoms with Crippen molar-refractivity contribution in [3.8, 4) is 6.07 Å². The minimum Gasteiger partial charge on any atom is -0.322 e. The summed E-state index contributed by atoms with van der Waals surface area (Å²) in [5.74, 6) is -0.146. The van der Waals surface area contributed by atoms with Gasteiger partial charge in [-0.2, -0.15) is 5.26 Å². The second kappa shape index (κ2) is 5.25. The van der Waals surface area contributed by atoms with Gasteiger partial charge >= 0.3 is 0 Å². The Labute approximate surface area is 98.0 Å². The number of aromatic amines is 1. The minimum atomic E-state index is -0.569. The van der Waals surface area contributed by atoms with Crippen LogP contribution in [0.15, 0.2) is 11.0 Å². The molecule has 0 unspecified atom stereocenters. The summed E-state index contributed by atoms with van der Waals surface area (Å²) in [5, 5.41) is 19.9. The zero-order chi connectivity index (χ0) is 13.0. The van der Waals surface area contributed by atoms with E-state index in [9.17, 15) is 14.9 Å². The molecule has 0 aliphatic heterocycles. The van der Waals surface area contributed by atoms with Crippen LogP contribution >= 0.6 is 0 Å². The van der Waals surface area contributed by atoms with Crippen molar-refractivity contribution in [1.82, 2.24) is 4.98 Å². The molecular formula is C11H13N3O3. The Kier molecular flexibility index (Phi) is 3.99. The molecule has 1 aromatic heterocycles. The molecule has 1 aromatic rings. The standard InChI is InChI=1S/C11H13N3O3/c1-3-7(4-2)10-8(5-12)11(15)13-6-9(10)14(16)17/h6-7H,3-4H2,1-2H3,(H,13,15). The van der Waals surface area contributed by atoms with Crippen molar-refractivity contribution >= 4 is 5.69 Å². The molecule has 0 atom stereocenters. The van der Waals surface area contributed by atoms with E-state index in [0.717, 1.165) is 6.20 Å². The van der Waals surface area contributed by atoms with Crippen LogP contribution < -0.4 is 5.56 Å². The molecule has 0 bridgehead atoms. The lowest BCUT2D eigenvalue weighted by Gasteiger charge is -2.13. The molecule has 0 spiro atoms. The fourth-order valence-corrected chi connectivity index (χ4v) is 1.91. The molecule has 0 aromatic carbocycles. The molecule has 0 aliphatic rings. The molecule has 0 saturated heterocycles. The minimum absolute atomic E-state index is 0.145. The fourth-order valence-electron chi connectivity index (χ4n) is 1.91. The highest BCUT2D eigenvalue weighted by Gasteiger charge is 2.25. The smallest absolute Gasteiger partial charge is 0.290 e. The van der Waals surface area contributed by atoms with E-state index in [-0.39, 0.29) is 22.7 Å². The van der Waals surface area contributed by atoms with Crippen molar-refractivity contribution in [3.63, 3.8) is 0 Å². The summed E-state index contributed by atoms with van der Waals surface area (Å²) >= 11 is 0. The second-order valence-electron chi connectivity index (χ2n) is 3.67. The Morgan fingerprint density at radius 1 is 1.53 bits per heavy atom. The number of nitriles is 1. The third-order valence-corrected chi connectivity index (χ3v) is 2.81. The lowest BCUT2D eigenvalue weighted by molar-refractivity contribution is -0.386. The molecule has 0 saturated carbocycles. The zero-order valence-corrected chi connectivity index (χ0v) is 9.69. The van der Waals surface area contributed by atoms with Crippen molar-refractivity contribution in [2.75, 3.05) is 0 Å². The maximum Gasteiger partial charge on any atom is 0.290 e. The van der Waals surface area contributed by atoms with E-state index in [2.05, 4.69) is 4.98 Å². The van der Waals surface area contributed by atoms with Crippen LogP contribution in [0.5, 0.6) is 0 Å². The summed E-state index contributed by atoms with van der Waals surface area (Å²) in [6, 6.07) is 1.76. The van der Waals surface area contributed by atoms with Gasteiger partial charge in [0.1, 0.15) is 11.6 Å². The van der Waals surface area contributed by atoms with Crippen LogP contribution in [0.4, 0.5) is 5.69 Å². The van der Waals surface area contributed by atoms with Crippen molar-refractivity contribution < 1.29 is 4.92 Å². The van der Waals surface area contributed by atoms with Crippen molar-refractivity contribution in [2.45, 2.75) is 32.6 Å². The Balaban J connectivity index is 3.61. The number of nitrogens with one attached hydrogen (secondary N) is 1. The first kappa shape index (κ1) is 12.9. The number of H-pyrrole nitrogens is 1. The summed E-state index contributed by atoms with van der Waals surface area (Å²) < 4.78 is 0. The van der Waals surface area contributed by atoms with Gasteiger partial charge in [-0.1, -0.05) is 13.8 Å². The quantitative estimate of drug-likeness (QED) is 0.637. The highest BCUT2D eigenvalue weighted by Crippen LogP contribution is 2.31. The molecule has 1 N–H and O–H groups in total. The first-order valence-electron chi connectivity index (χ1n) is 5.36. The Hall–Kier alpha value is -2.16. The summed E-state index contributed by atoms with van der Waals surface area (Å²) in [6.07, 6.45) is 2.36. The van der Waals surface area contributed by atoms with Crippen molar-refractivity contribution in [3.05, 3.63) is 37.8 Å². The van der Waals surface area contributed by atoms with Crippen LogP contribution in [0.25, 0.3) is 0 Å². The van der Waals surface area contributed by atoms with Crippen LogP contribution in [0.3, 0.4) is 0 Å². The van der Waals surface area contributed by atoms with E-state index in [1.165, 1.54) is 0 Å². The number of pyridine rings is 1. The third kappa shape index (κ3) is 2.33. The number of nitro groups is 1. The van der Waals surface area contributed by atoms with Crippen molar-refractivity contribution in [2.24, 2.45) is 0 Å². The largest absolute Gasteiger partial charge is 0.322 e. The van der Waals surface area contributed by atoms with Crippen LogP contribution in [0, 0.1) is 21.4 Å².